The van der Waals surface area contributed by atoms with Crippen LogP contribution in [0.25, 0.3) is 11.4 Å². The fraction of sp³-hybridized carbons (Fsp3) is 0.500. The number of anilines is 1. The Bertz CT molecular complexity index is 827. The highest BCUT2D eigenvalue weighted by atomic mass is 16.5. The van der Waals surface area contributed by atoms with Crippen LogP contribution < -0.4 is 4.90 Å². The molecule has 0 unspecified atom stereocenters. The zero-order chi connectivity index (χ0) is 18.8. The van der Waals surface area contributed by atoms with Crippen molar-refractivity contribution in [3.63, 3.8) is 0 Å². The van der Waals surface area contributed by atoms with Gasteiger partial charge in [-0.05, 0) is 31.4 Å². The molecule has 1 saturated heterocycles. The summed E-state index contributed by atoms with van der Waals surface area (Å²) in [4.78, 5) is 29.9. The summed E-state index contributed by atoms with van der Waals surface area (Å²) >= 11 is 0. The van der Waals surface area contributed by atoms with Crippen molar-refractivity contribution in [3.8, 4) is 11.4 Å². The Kier molecular flexibility index (Phi) is 5.03. The minimum atomic E-state index is 0.0868. The highest BCUT2D eigenvalue weighted by Gasteiger charge is 2.29. The van der Waals surface area contributed by atoms with E-state index in [2.05, 4.69) is 9.88 Å². The Labute approximate surface area is 159 Å². The first-order valence-corrected chi connectivity index (χ1v) is 9.49. The van der Waals surface area contributed by atoms with E-state index in [4.69, 9.17) is 14.7 Å². The SMILES string of the molecule is CO[C@H]1CCCN(c2nc(-c3ccncc3)nc3c2CCN(C(C)=O)C3)C1. The van der Waals surface area contributed by atoms with Gasteiger partial charge in [-0.3, -0.25) is 9.78 Å². The maximum Gasteiger partial charge on any atom is 0.219 e. The van der Waals surface area contributed by atoms with Crippen LogP contribution in [0, 0.1) is 0 Å². The lowest BCUT2D eigenvalue weighted by atomic mass is 10.0. The average Bonchev–Trinajstić information content (AvgIpc) is 2.73. The monoisotopic (exact) mass is 367 g/mol. The third kappa shape index (κ3) is 3.64. The van der Waals surface area contributed by atoms with Gasteiger partial charge in [-0.1, -0.05) is 0 Å². The second-order valence-electron chi connectivity index (χ2n) is 7.17. The fourth-order valence-electron chi connectivity index (χ4n) is 3.89. The van der Waals surface area contributed by atoms with E-state index in [0.717, 1.165) is 56.0 Å². The third-order valence-corrected chi connectivity index (χ3v) is 5.44. The number of fused-ring (bicyclic) bond motifs is 1. The lowest BCUT2D eigenvalue weighted by molar-refractivity contribution is -0.129. The Hall–Kier alpha value is -2.54. The lowest BCUT2D eigenvalue weighted by Crippen LogP contribution is -2.42. The van der Waals surface area contributed by atoms with Crippen LogP contribution in [-0.2, 0) is 22.5 Å². The normalized spacial score (nSPS) is 19.7. The van der Waals surface area contributed by atoms with Crippen LogP contribution in [0.15, 0.2) is 24.5 Å². The average molecular weight is 367 g/mol. The van der Waals surface area contributed by atoms with Gasteiger partial charge in [-0.2, -0.15) is 0 Å². The van der Waals surface area contributed by atoms with Crippen molar-refractivity contribution in [2.24, 2.45) is 0 Å². The zero-order valence-corrected chi connectivity index (χ0v) is 15.9. The summed E-state index contributed by atoms with van der Waals surface area (Å²) in [7, 11) is 1.77. The number of aromatic nitrogens is 3. The van der Waals surface area contributed by atoms with E-state index in [9.17, 15) is 4.79 Å². The molecule has 2 aliphatic heterocycles. The highest BCUT2D eigenvalue weighted by Crippen LogP contribution is 2.31. The number of carbonyl (C=O) groups excluding carboxylic acids is 1. The van der Waals surface area contributed by atoms with Crippen LogP contribution in [-0.4, -0.2) is 58.6 Å². The molecule has 0 aliphatic carbocycles. The molecule has 0 N–H and O–H groups in total. The van der Waals surface area contributed by atoms with Crippen LogP contribution in [0.2, 0.25) is 0 Å². The molecule has 7 nitrogen and oxygen atoms in total. The smallest absolute Gasteiger partial charge is 0.219 e. The minimum Gasteiger partial charge on any atom is -0.380 e. The largest absolute Gasteiger partial charge is 0.380 e. The summed E-state index contributed by atoms with van der Waals surface area (Å²) < 4.78 is 5.60. The van der Waals surface area contributed by atoms with Crippen LogP contribution in [0.5, 0.6) is 0 Å². The van der Waals surface area contributed by atoms with E-state index < -0.39 is 0 Å². The molecule has 142 valence electrons. The maximum atomic E-state index is 11.9. The van der Waals surface area contributed by atoms with E-state index in [-0.39, 0.29) is 12.0 Å². The van der Waals surface area contributed by atoms with Gasteiger partial charge < -0.3 is 14.5 Å². The van der Waals surface area contributed by atoms with Crippen LogP contribution >= 0.6 is 0 Å². The molecule has 2 aliphatic rings. The van der Waals surface area contributed by atoms with Gasteiger partial charge in [-0.25, -0.2) is 9.97 Å². The standard InChI is InChI=1S/C20H25N5O2/c1-14(26)24-11-7-17-18(13-24)22-19(15-5-8-21-9-6-15)23-20(17)25-10-3-4-16(12-25)27-2/h5-6,8-9,16H,3-4,7,10-13H2,1-2H3/t16-/m0/s1. The third-order valence-electron chi connectivity index (χ3n) is 5.44. The predicted molar refractivity (Wildman–Crippen MR) is 102 cm³/mol. The molecule has 4 rings (SSSR count). The first kappa shape index (κ1) is 17.9. The summed E-state index contributed by atoms with van der Waals surface area (Å²) in [6.45, 7) is 4.68. The van der Waals surface area contributed by atoms with Crippen molar-refractivity contribution in [2.75, 3.05) is 31.6 Å². The van der Waals surface area contributed by atoms with Crippen molar-refractivity contribution in [3.05, 3.63) is 35.8 Å². The Balaban J connectivity index is 1.77. The number of carbonyl (C=O) groups is 1. The second kappa shape index (κ2) is 7.60. The molecule has 7 heteroatoms. The fourth-order valence-corrected chi connectivity index (χ4v) is 3.89. The van der Waals surface area contributed by atoms with Crippen molar-refractivity contribution in [1.82, 2.24) is 19.9 Å². The van der Waals surface area contributed by atoms with Gasteiger partial charge in [0, 0.05) is 57.2 Å². The summed E-state index contributed by atoms with van der Waals surface area (Å²) in [5, 5.41) is 0. The van der Waals surface area contributed by atoms with E-state index >= 15 is 0 Å². The number of hydrogen-bond acceptors (Lipinski definition) is 6. The molecular formula is C20H25N5O2. The first-order chi connectivity index (χ1) is 13.2. The van der Waals surface area contributed by atoms with Gasteiger partial charge >= 0.3 is 0 Å². The molecule has 0 bridgehead atoms. The molecule has 1 atom stereocenters. The molecule has 1 fully saturated rings. The van der Waals surface area contributed by atoms with E-state index in [1.807, 2.05) is 17.0 Å². The second-order valence-corrected chi connectivity index (χ2v) is 7.17. The van der Waals surface area contributed by atoms with Crippen LogP contribution in [0.3, 0.4) is 0 Å². The molecular weight excluding hydrogens is 342 g/mol. The topological polar surface area (TPSA) is 71.5 Å². The zero-order valence-electron chi connectivity index (χ0n) is 15.9. The number of nitrogens with zero attached hydrogens (tertiary/aromatic N) is 5. The van der Waals surface area contributed by atoms with Crippen molar-refractivity contribution >= 4 is 11.7 Å². The molecule has 4 heterocycles. The minimum absolute atomic E-state index is 0.0868. The molecule has 0 spiro atoms. The number of pyridine rings is 1. The van der Waals surface area contributed by atoms with E-state index in [1.54, 1.807) is 26.4 Å². The quantitative estimate of drug-likeness (QED) is 0.827. The summed E-state index contributed by atoms with van der Waals surface area (Å²) in [6, 6.07) is 3.84. The number of hydrogen-bond donors (Lipinski definition) is 0. The van der Waals surface area contributed by atoms with Gasteiger partial charge in [0.15, 0.2) is 5.82 Å². The molecule has 2 aromatic rings. The number of amides is 1. The summed E-state index contributed by atoms with van der Waals surface area (Å²) in [5.41, 5.74) is 3.06. The molecule has 1 amide bonds. The number of piperidine rings is 1. The molecule has 27 heavy (non-hydrogen) atoms. The van der Waals surface area contributed by atoms with E-state index in [1.165, 1.54) is 5.56 Å². The van der Waals surface area contributed by atoms with Crippen molar-refractivity contribution < 1.29 is 9.53 Å². The molecule has 0 radical (unpaired) electrons. The van der Waals surface area contributed by atoms with Gasteiger partial charge in [0.1, 0.15) is 5.82 Å². The Morgan fingerprint density at radius 1 is 1.22 bits per heavy atom. The summed E-state index contributed by atoms with van der Waals surface area (Å²) in [5.74, 6) is 1.77. The van der Waals surface area contributed by atoms with Gasteiger partial charge in [0.2, 0.25) is 5.91 Å². The number of rotatable bonds is 3. The van der Waals surface area contributed by atoms with Gasteiger partial charge in [-0.15, -0.1) is 0 Å². The Morgan fingerprint density at radius 3 is 2.78 bits per heavy atom. The Morgan fingerprint density at radius 2 is 2.04 bits per heavy atom. The molecule has 0 saturated carbocycles. The molecule has 0 aromatic carbocycles. The van der Waals surface area contributed by atoms with Gasteiger partial charge in [0.05, 0.1) is 18.3 Å². The van der Waals surface area contributed by atoms with Gasteiger partial charge in [0.25, 0.3) is 0 Å². The van der Waals surface area contributed by atoms with Crippen LogP contribution in [0.4, 0.5) is 5.82 Å². The van der Waals surface area contributed by atoms with Crippen molar-refractivity contribution in [2.45, 2.75) is 38.8 Å². The van der Waals surface area contributed by atoms with Crippen molar-refractivity contribution in [1.29, 1.82) is 0 Å². The van der Waals surface area contributed by atoms with E-state index in [0.29, 0.717) is 12.4 Å². The number of methoxy groups -OCH3 is 1. The maximum absolute atomic E-state index is 11.9. The summed E-state index contributed by atoms with van der Waals surface area (Å²) in [6.07, 6.45) is 6.68. The molecule has 2 aromatic heterocycles. The first-order valence-electron chi connectivity index (χ1n) is 9.49. The predicted octanol–water partition coefficient (Wildman–Crippen LogP) is 2.06. The van der Waals surface area contributed by atoms with Crippen LogP contribution in [0.1, 0.15) is 31.0 Å². The highest BCUT2D eigenvalue weighted by molar-refractivity contribution is 5.74. The lowest BCUT2D eigenvalue weighted by Gasteiger charge is -2.36. The number of ether oxygens (including phenoxy) is 1.